The van der Waals surface area contributed by atoms with Gasteiger partial charge in [0.15, 0.2) is 4.34 Å². The van der Waals surface area contributed by atoms with E-state index in [1.807, 2.05) is 18.2 Å². The van der Waals surface area contributed by atoms with Crippen LogP contribution in [0.1, 0.15) is 10.9 Å². The zero-order valence-corrected chi connectivity index (χ0v) is 17.2. The second-order valence-electron chi connectivity index (χ2n) is 6.22. The third kappa shape index (κ3) is 4.89. The SMILES string of the molecule is O=C(CSc1nc2ccccc2s1)NC[C@H](c1cccs1)N1CCOCC1. The molecule has 1 aliphatic rings. The van der Waals surface area contributed by atoms with Gasteiger partial charge in [-0.25, -0.2) is 4.98 Å². The largest absolute Gasteiger partial charge is 0.379 e. The third-order valence-corrected chi connectivity index (χ3v) is 7.60. The van der Waals surface area contributed by atoms with Gasteiger partial charge in [-0.2, -0.15) is 0 Å². The molecule has 0 aliphatic carbocycles. The van der Waals surface area contributed by atoms with Crippen LogP contribution in [-0.2, 0) is 9.53 Å². The lowest BCUT2D eigenvalue weighted by atomic mass is 10.2. The van der Waals surface area contributed by atoms with E-state index in [-0.39, 0.29) is 11.9 Å². The molecule has 5 nitrogen and oxygen atoms in total. The zero-order valence-electron chi connectivity index (χ0n) is 14.8. The molecule has 1 fully saturated rings. The quantitative estimate of drug-likeness (QED) is 0.593. The Morgan fingerprint density at radius 3 is 2.89 bits per heavy atom. The molecule has 142 valence electrons. The van der Waals surface area contributed by atoms with E-state index in [4.69, 9.17) is 4.74 Å². The van der Waals surface area contributed by atoms with Crippen LogP contribution in [0.3, 0.4) is 0 Å². The lowest BCUT2D eigenvalue weighted by Crippen LogP contribution is -2.43. The first-order chi connectivity index (χ1) is 13.3. The maximum absolute atomic E-state index is 12.4. The van der Waals surface area contributed by atoms with Gasteiger partial charge in [0.1, 0.15) is 0 Å². The summed E-state index contributed by atoms with van der Waals surface area (Å²) >= 11 is 4.88. The van der Waals surface area contributed by atoms with Crippen LogP contribution in [-0.4, -0.2) is 54.4 Å². The van der Waals surface area contributed by atoms with E-state index in [2.05, 4.69) is 38.8 Å². The number of thiazole rings is 1. The Kier molecular flexibility index (Phi) is 6.41. The molecular formula is C19H21N3O2S3. The van der Waals surface area contributed by atoms with E-state index in [9.17, 15) is 4.79 Å². The van der Waals surface area contributed by atoms with Crippen LogP contribution < -0.4 is 5.32 Å². The summed E-state index contributed by atoms with van der Waals surface area (Å²) in [5.41, 5.74) is 0.996. The normalized spacial score (nSPS) is 16.4. The lowest BCUT2D eigenvalue weighted by molar-refractivity contribution is -0.118. The number of aromatic nitrogens is 1. The summed E-state index contributed by atoms with van der Waals surface area (Å²) in [5.74, 6) is 0.439. The van der Waals surface area contributed by atoms with Crippen molar-refractivity contribution >= 4 is 50.6 Å². The monoisotopic (exact) mass is 419 g/mol. The molecule has 3 heterocycles. The number of ether oxygens (including phenoxy) is 1. The van der Waals surface area contributed by atoms with Gasteiger partial charge in [0.25, 0.3) is 0 Å². The topological polar surface area (TPSA) is 54.5 Å². The van der Waals surface area contributed by atoms with Gasteiger partial charge in [-0.1, -0.05) is 30.0 Å². The first kappa shape index (κ1) is 18.9. The number of thiophene rings is 1. The first-order valence-corrected chi connectivity index (χ1v) is 11.6. The first-order valence-electron chi connectivity index (χ1n) is 8.90. The summed E-state index contributed by atoms with van der Waals surface area (Å²) in [6.45, 7) is 3.93. The van der Waals surface area contributed by atoms with Crippen LogP contribution >= 0.6 is 34.4 Å². The Hall–Kier alpha value is -1.45. The van der Waals surface area contributed by atoms with Crippen LogP contribution in [0.5, 0.6) is 0 Å². The highest BCUT2D eigenvalue weighted by Gasteiger charge is 2.24. The predicted octanol–water partition coefficient (Wildman–Crippen LogP) is 3.64. The molecule has 1 atom stereocenters. The molecule has 0 saturated carbocycles. The molecule has 3 aromatic rings. The predicted molar refractivity (Wildman–Crippen MR) is 113 cm³/mol. The highest BCUT2D eigenvalue weighted by atomic mass is 32.2. The highest BCUT2D eigenvalue weighted by molar-refractivity contribution is 8.01. The van der Waals surface area contributed by atoms with Crippen LogP contribution in [0.4, 0.5) is 0 Å². The summed E-state index contributed by atoms with van der Waals surface area (Å²) in [6, 6.07) is 12.5. The molecule has 0 spiro atoms. The van der Waals surface area contributed by atoms with Crippen molar-refractivity contribution < 1.29 is 9.53 Å². The number of fused-ring (bicyclic) bond motifs is 1. The van der Waals surface area contributed by atoms with E-state index in [1.165, 1.54) is 16.6 Å². The molecule has 1 aliphatic heterocycles. The zero-order chi connectivity index (χ0) is 18.5. The van der Waals surface area contributed by atoms with Gasteiger partial charge in [0, 0.05) is 24.5 Å². The summed E-state index contributed by atoms with van der Waals surface area (Å²) in [4.78, 5) is 20.7. The molecule has 8 heteroatoms. The van der Waals surface area contributed by atoms with Gasteiger partial charge in [0.05, 0.1) is 35.2 Å². The molecule has 27 heavy (non-hydrogen) atoms. The number of para-hydroxylation sites is 1. The van der Waals surface area contributed by atoms with Crippen LogP contribution in [0.25, 0.3) is 10.2 Å². The maximum Gasteiger partial charge on any atom is 0.230 e. The Bertz CT molecular complexity index is 842. The minimum atomic E-state index is 0.0501. The van der Waals surface area contributed by atoms with Gasteiger partial charge in [-0.15, -0.1) is 22.7 Å². The van der Waals surface area contributed by atoms with Crippen molar-refractivity contribution in [3.05, 3.63) is 46.7 Å². The number of amides is 1. The number of morpholine rings is 1. The number of carbonyl (C=O) groups excluding carboxylic acids is 1. The minimum Gasteiger partial charge on any atom is -0.379 e. The minimum absolute atomic E-state index is 0.0501. The summed E-state index contributed by atoms with van der Waals surface area (Å²) in [5, 5.41) is 5.20. The molecule has 2 aromatic heterocycles. The average Bonchev–Trinajstić information content (AvgIpc) is 3.37. The van der Waals surface area contributed by atoms with E-state index in [1.54, 1.807) is 22.7 Å². The van der Waals surface area contributed by atoms with Gasteiger partial charge < -0.3 is 10.1 Å². The van der Waals surface area contributed by atoms with E-state index < -0.39 is 0 Å². The van der Waals surface area contributed by atoms with Crippen molar-refractivity contribution in [1.82, 2.24) is 15.2 Å². The van der Waals surface area contributed by atoms with Gasteiger partial charge in [-0.05, 0) is 23.6 Å². The number of thioether (sulfide) groups is 1. The second-order valence-corrected chi connectivity index (χ2v) is 9.45. The number of nitrogens with one attached hydrogen (secondary N) is 1. The Morgan fingerprint density at radius 2 is 2.11 bits per heavy atom. The number of rotatable bonds is 7. The molecule has 0 bridgehead atoms. The molecule has 1 amide bonds. The molecular weight excluding hydrogens is 398 g/mol. The number of hydrogen-bond acceptors (Lipinski definition) is 7. The van der Waals surface area contributed by atoms with Crippen LogP contribution in [0.15, 0.2) is 46.1 Å². The van der Waals surface area contributed by atoms with Crippen molar-refractivity contribution in [1.29, 1.82) is 0 Å². The Morgan fingerprint density at radius 1 is 1.26 bits per heavy atom. The molecule has 4 rings (SSSR count). The molecule has 1 saturated heterocycles. The van der Waals surface area contributed by atoms with Crippen molar-refractivity contribution in [2.45, 2.75) is 10.4 Å². The van der Waals surface area contributed by atoms with Crippen molar-refractivity contribution in [3.8, 4) is 0 Å². The van der Waals surface area contributed by atoms with Gasteiger partial charge in [-0.3, -0.25) is 9.69 Å². The molecule has 0 unspecified atom stereocenters. The van der Waals surface area contributed by atoms with E-state index in [0.717, 1.165) is 40.9 Å². The van der Waals surface area contributed by atoms with Crippen molar-refractivity contribution in [3.63, 3.8) is 0 Å². The second kappa shape index (κ2) is 9.16. The van der Waals surface area contributed by atoms with Gasteiger partial charge in [0.2, 0.25) is 5.91 Å². The van der Waals surface area contributed by atoms with E-state index >= 15 is 0 Å². The van der Waals surface area contributed by atoms with Crippen molar-refractivity contribution in [2.24, 2.45) is 0 Å². The maximum atomic E-state index is 12.4. The molecule has 1 N–H and O–H groups in total. The van der Waals surface area contributed by atoms with E-state index in [0.29, 0.717) is 12.3 Å². The third-order valence-electron chi connectivity index (χ3n) is 4.45. The standard InChI is InChI=1S/C19H21N3O2S3/c23-18(13-26-19-21-14-4-1-2-5-16(14)27-19)20-12-15(17-6-3-11-25-17)22-7-9-24-10-8-22/h1-6,11,15H,7-10,12-13H2,(H,20,23)/t15-/m1/s1. The fourth-order valence-corrected chi connectivity index (χ4v) is 5.84. The highest BCUT2D eigenvalue weighted by Crippen LogP contribution is 2.29. The van der Waals surface area contributed by atoms with Crippen molar-refractivity contribution in [2.75, 3.05) is 38.6 Å². The average molecular weight is 420 g/mol. The summed E-state index contributed by atoms with van der Waals surface area (Å²) in [6.07, 6.45) is 0. The lowest BCUT2D eigenvalue weighted by Gasteiger charge is -2.34. The summed E-state index contributed by atoms with van der Waals surface area (Å²) in [7, 11) is 0. The smallest absolute Gasteiger partial charge is 0.230 e. The van der Waals surface area contributed by atoms with Crippen LogP contribution in [0, 0.1) is 0 Å². The fraction of sp³-hybridized carbons (Fsp3) is 0.368. The Labute approximate surface area is 170 Å². The van der Waals surface area contributed by atoms with Crippen LogP contribution in [0.2, 0.25) is 0 Å². The number of carbonyl (C=O) groups is 1. The number of nitrogens with zero attached hydrogens (tertiary/aromatic N) is 2. The number of benzene rings is 1. The Balaban J connectivity index is 1.32. The fourth-order valence-electron chi connectivity index (χ4n) is 3.08. The molecule has 0 radical (unpaired) electrons. The summed E-state index contributed by atoms with van der Waals surface area (Å²) < 4.78 is 7.57. The number of hydrogen-bond donors (Lipinski definition) is 1. The molecule has 1 aromatic carbocycles. The van der Waals surface area contributed by atoms with Gasteiger partial charge >= 0.3 is 0 Å².